The fourth-order valence-corrected chi connectivity index (χ4v) is 2.21. The van der Waals surface area contributed by atoms with Gasteiger partial charge >= 0.3 is 0 Å². The van der Waals surface area contributed by atoms with Crippen LogP contribution >= 0.6 is 0 Å². The van der Waals surface area contributed by atoms with E-state index < -0.39 is 0 Å². The van der Waals surface area contributed by atoms with E-state index in [2.05, 4.69) is 14.6 Å². The van der Waals surface area contributed by atoms with Crippen molar-refractivity contribution in [2.24, 2.45) is 0 Å². The van der Waals surface area contributed by atoms with Gasteiger partial charge in [0.05, 0.1) is 11.5 Å². The van der Waals surface area contributed by atoms with E-state index in [1.165, 1.54) is 0 Å². The lowest BCUT2D eigenvalue weighted by atomic mass is 10.2. The van der Waals surface area contributed by atoms with Crippen molar-refractivity contribution in [1.29, 1.82) is 0 Å². The van der Waals surface area contributed by atoms with E-state index in [9.17, 15) is 10.1 Å². The summed E-state index contributed by atoms with van der Waals surface area (Å²) in [5, 5.41) is 10.6. The molecule has 19 heavy (non-hydrogen) atoms. The topological polar surface area (TPSA) is 54.0 Å². The van der Waals surface area contributed by atoms with Crippen LogP contribution in [0.15, 0.2) is 24.3 Å². The van der Waals surface area contributed by atoms with Crippen LogP contribution in [-0.2, 0) is 0 Å². The Bertz CT molecular complexity index is 472. The third kappa shape index (κ3) is 3.42. The fourth-order valence-electron chi connectivity index (χ4n) is 2.21. The largest absolute Gasteiger partial charge is 0.369 e. The molecule has 1 aromatic carbocycles. The molecule has 0 amide bonds. The third-order valence-corrected chi connectivity index (χ3v) is 3.33. The summed E-state index contributed by atoms with van der Waals surface area (Å²) in [5.74, 6) is 0. The monoisotopic (exact) mass is 260 g/mol. The minimum atomic E-state index is -0.383. The van der Waals surface area contributed by atoms with Gasteiger partial charge in [-0.2, -0.15) is 0 Å². The number of piperazine rings is 1. The quantitative estimate of drug-likeness (QED) is 0.469. The Morgan fingerprint density at radius 3 is 2.37 bits per heavy atom. The number of non-ortho nitro benzene ring substituents is 1. The van der Waals surface area contributed by atoms with Crippen LogP contribution in [0.4, 0.5) is 11.4 Å². The molecule has 1 aliphatic rings. The Morgan fingerprint density at radius 2 is 1.84 bits per heavy atom. The summed E-state index contributed by atoms with van der Waals surface area (Å²) < 4.78 is 0. The lowest BCUT2D eigenvalue weighted by Gasteiger charge is -2.35. The smallest absolute Gasteiger partial charge is 0.269 e. The zero-order valence-corrected chi connectivity index (χ0v) is 10.7. The fraction of sp³-hybridized carbons (Fsp3) is 0.462. The molecule has 0 N–H and O–H groups in total. The van der Waals surface area contributed by atoms with Crippen LogP contribution in [0.3, 0.4) is 0 Å². The number of hydrogen-bond acceptors (Lipinski definition) is 4. The molecule has 1 heterocycles. The van der Waals surface area contributed by atoms with Crippen LogP contribution in [0.5, 0.6) is 0 Å². The molecule has 6 heteroatoms. The van der Waals surface area contributed by atoms with Gasteiger partial charge in [-0.15, -0.1) is 0 Å². The highest BCUT2D eigenvalue weighted by Gasteiger charge is 2.18. The van der Waals surface area contributed by atoms with E-state index in [0.29, 0.717) is 6.54 Å². The van der Waals surface area contributed by atoms with Gasteiger partial charge < -0.3 is 9.74 Å². The first kappa shape index (κ1) is 13.3. The predicted octanol–water partition coefficient (Wildman–Crippen LogP) is 1.64. The van der Waals surface area contributed by atoms with Crippen molar-refractivity contribution in [1.82, 2.24) is 4.90 Å². The highest BCUT2D eigenvalue weighted by Crippen LogP contribution is 2.20. The highest BCUT2D eigenvalue weighted by molar-refractivity contribution is 5.51. The van der Waals surface area contributed by atoms with Crippen molar-refractivity contribution in [3.8, 4) is 0 Å². The molecule has 0 aromatic heterocycles. The van der Waals surface area contributed by atoms with E-state index in [1.807, 2.05) is 0 Å². The van der Waals surface area contributed by atoms with E-state index in [0.717, 1.165) is 38.4 Å². The first-order chi connectivity index (χ1) is 9.20. The number of nitrogens with zero attached hydrogens (tertiary/aromatic N) is 4. The SMILES string of the molecule is [C-]#[N+]CCN1CCN(c2ccc([N+](=O)[O-])cc2)CC1. The number of anilines is 1. The van der Waals surface area contributed by atoms with Gasteiger partial charge in [-0.3, -0.25) is 15.0 Å². The molecule has 0 aliphatic carbocycles. The molecule has 0 saturated carbocycles. The maximum atomic E-state index is 10.6. The Kier molecular flexibility index (Phi) is 4.31. The molecule has 0 bridgehead atoms. The van der Waals surface area contributed by atoms with Gasteiger partial charge in [0.25, 0.3) is 5.69 Å². The van der Waals surface area contributed by atoms with Crippen LogP contribution < -0.4 is 4.90 Å². The standard InChI is InChI=1S/C13H16N4O2/c1-14-6-7-15-8-10-16(11-9-15)12-2-4-13(5-3-12)17(18)19/h2-5H,6-11H2. The van der Waals surface area contributed by atoms with Gasteiger partial charge in [-0.05, 0) is 12.1 Å². The van der Waals surface area contributed by atoms with Crippen molar-refractivity contribution in [2.45, 2.75) is 0 Å². The van der Waals surface area contributed by atoms with Crippen LogP contribution in [0.25, 0.3) is 4.85 Å². The van der Waals surface area contributed by atoms with Crippen LogP contribution in [0.1, 0.15) is 0 Å². The lowest BCUT2D eigenvalue weighted by Crippen LogP contribution is -2.47. The summed E-state index contributed by atoms with van der Waals surface area (Å²) in [5.41, 5.74) is 1.15. The Hall–Kier alpha value is -2.13. The highest BCUT2D eigenvalue weighted by atomic mass is 16.6. The minimum absolute atomic E-state index is 0.124. The average Bonchev–Trinajstić information content (AvgIpc) is 2.46. The molecule has 1 aliphatic heterocycles. The second-order valence-corrected chi connectivity index (χ2v) is 4.48. The summed E-state index contributed by atoms with van der Waals surface area (Å²) >= 11 is 0. The minimum Gasteiger partial charge on any atom is -0.369 e. The van der Waals surface area contributed by atoms with E-state index in [-0.39, 0.29) is 10.6 Å². The van der Waals surface area contributed by atoms with E-state index >= 15 is 0 Å². The van der Waals surface area contributed by atoms with Crippen LogP contribution in [-0.4, -0.2) is 49.1 Å². The second-order valence-electron chi connectivity index (χ2n) is 4.48. The van der Waals surface area contributed by atoms with Crippen LogP contribution in [0, 0.1) is 16.7 Å². The predicted molar refractivity (Wildman–Crippen MR) is 73.2 cm³/mol. The van der Waals surface area contributed by atoms with Gasteiger partial charge in [0.15, 0.2) is 0 Å². The van der Waals surface area contributed by atoms with Crippen molar-refractivity contribution >= 4 is 11.4 Å². The molecule has 0 spiro atoms. The lowest BCUT2D eigenvalue weighted by molar-refractivity contribution is -0.384. The number of rotatable bonds is 4. The molecule has 2 rings (SSSR count). The molecule has 1 saturated heterocycles. The summed E-state index contributed by atoms with van der Waals surface area (Å²) in [6.07, 6.45) is 0. The maximum absolute atomic E-state index is 10.6. The first-order valence-corrected chi connectivity index (χ1v) is 6.25. The molecule has 0 atom stereocenters. The zero-order chi connectivity index (χ0) is 13.7. The summed E-state index contributed by atoms with van der Waals surface area (Å²) in [6, 6.07) is 6.68. The molecular weight excluding hydrogens is 244 g/mol. The maximum Gasteiger partial charge on any atom is 0.269 e. The summed E-state index contributed by atoms with van der Waals surface area (Å²) in [6.45, 7) is 11.8. The normalized spacial score (nSPS) is 16.1. The molecule has 1 fully saturated rings. The van der Waals surface area contributed by atoms with Gasteiger partial charge in [0.2, 0.25) is 6.54 Å². The second kappa shape index (κ2) is 6.16. The van der Waals surface area contributed by atoms with Gasteiger partial charge in [-0.25, -0.2) is 6.57 Å². The molecule has 0 unspecified atom stereocenters. The molecule has 6 nitrogen and oxygen atoms in total. The summed E-state index contributed by atoms with van der Waals surface area (Å²) in [4.78, 5) is 18.1. The van der Waals surface area contributed by atoms with E-state index in [1.54, 1.807) is 24.3 Å². The molecule has 100 valence electrons. The van der Waals surface area contributed by atoms with E-state index in [4.69, 9.17) is 6.57 Å². The van der Waals surface area contributed by atoms with Crippen molar-refractivity contribution in [3.63, 3.8) is 0 Å². The van der Waals surface area contributed by atoms with Gasteiger partial charge in [-0.1, -0.05) is 0 Å². The third-order valence-electron chi connectivity index (χ3n) is 3.33. The average molecular weight is 260 g/mol. The van der Waals surface area contributed by atoms with Crippen molar-refractivity contribution in [2.75, 3.05) is 44.2 Å². The van der Waals surface area contributed by atoms with Gasteiger partial charge in [0, 0.05) is 44.0 Å². The molecular formula is C13H16N4O2. The number of nitro benzene ring substituents is 1. The van der Waals surface area contributed by atoms with Crippen LogP contribution in [0.2, 0.25) is 0 Å². The van der Waals surface area contributed by atoms with Crippen molar-refractivity contribution < 1.29 is 4.92 Å². The number of benzene rings is 1. The molecule has 0 radical (unpaired) electrons. The molecule has 1 aromatic rings. The Labute approximate surface area is 112 Å². The van der Waals surface area contributed by atoms with Gasteiger partial charge in [0.1, 0.15) is 0 Å². The number of hydrogen-bond donors (Lipinski definition) is 0. The Morgan fingerprint density at radius 1 is 1.21 bits per heavy atom. The number of nitro groups is 1. The summed E-state index contributed by atoms with van der Waals surface area (Å²) in [7, 11) is 0. The Balaban J connectivity index is 1.90. The first-order valence-electron chi connectivity index (χ1n) is 6.25. The van der Waals surface area contributed by atoms with Crippen molar-refractivity contribution in [3.05, 3.63) is 45.8 Å². The zero-order valence-electron chi connectivity index (χ0n) is 10.7.